The quantitative estimate of drug-likeness (QED) is 0.859. The number of carbonyl (C=O) groups excluding carboxylic acids is 1. The first-order valence-corrected chi connectivity index (χ1v) is 7.46. The summed E-state index contributed by atoms with van der Waals surface area (Å²) < 4.78 is 10.6. The van der Waals surface area contributed by atoms with Gasteiger partial charge in [-0.15, -0.1) is 0 Å². The molecule has 2 amide bonds. The van der Waals surface area contributed by atoms with Crippen molar-refractivity contribution in [3.05, 3.63) is 53.1 Å². The third-order valence-electron chi connectivity index (χ3n) is 3.33. The Morgan fingerprint density at radius 3 is 2.57 bits per heavy atom. The van der Waals surface area contributed by atoms with Crippen LogP contribution in [0.2, 0.25) is 5.02 Å². The molecule has 2 aromatic carbocycles. The van der Waals surface area contributed by atoms with Gasteiger partial charge in [-0.1, -0.05) is 17.7 Å². The van der Waals surface area contributed by atoms with Crippen LogP contribution in [0.3, 0.4) is 0 Å². The van der Waals surface area contributed by atoms with Crippen LogP contribution in [0.25, 0.3) is 0 Å². The minimum absolute atomic E-state index is 0.265. The van der Waals surface area contributed by atoms with Gasteiger partial charge in [0.05, 0.1) is 20.3 Å². The average molecular weight is 335 g/mol. The van der Waals surface area contributed by atoms with Crippen LogP contribution in [0.15, 0.2) is 42.5 Å². The molecule has 0 aliphatic heterocycles. The number of halogens is 1. The van der Waals surface area contributed by atoms with E-state index in [9.17, 15) is 4.79 Å². The van der Waals surface area contributed by atoms with E-state index in [1.807, 2.05) is 13.0 Å². The lowest BCUT2D eigenvalue weighted by Crippen LogP contribution is -2.31. The molecule has 0 heterocycles. The molecule has 0 saturated heterocycles. The van der Waals surface area contributed by atoms with Crippen LogP contribution >= 0.6 is 11.6 Å². The molecule has 0 radical (unpaired) electrons. The lowest BCUT2D eigenvalue weighted by molar-refractivity contribution is 0.249. The molecule has 0 aliphatic rings. The number of urea groups is 1. The maximum absolute atomic E-state index is 12.1. The van der Waals surface area contributed by atoms with Gasteiger partial charge in [-0.25, -0.2) is 4.79 Å². The summed E-state index contributed by atoms with van der Waals surface area (Å²) >= 11 is 5.90. The van der Waals surface area contributed by atoms with Crippen LogP contribution in [0.5, 0.6) is 11.5 Å². The van der Waals surface area contributed by atoms with E-state index in [0.717, 1.165) is 5.56 Å². The van der Waals surface area contributed by atoms with Crippen molar-refractivity contribution in [1.29, 1.82) is 0 Å². The summed E-state index contributed by atoms with van der Waals surface area (Å²) in [5.74, 6) is 1.38. The van der Waals surface area contributed by atoms with E-state index < -0.39 is 0 Å². The van der Waals surface area contributed by atoms with Crippen molar-refractivity contribution in [2.75, 3.05) is 19.5 Å². The van der Waals surface area contributed by atoms with Crippen molar-refractivity contribution in [2.45, 2.75) is 13.0 Å². The van der Waals surface area contributed by atoms with E-state index in [4.69, 9.17) is 21.1 Å². The summed E-state index contributed by atoms with van der Waals surface area (Å²) in [5.41, 5.74) is 1.45. The molecule has 0 aromatic heterocycles. The second-order valence-corrected chi connectivity index (χ2v) is 5.37. The fourth-order valence-electron chi connectivity index (χ4n) is 2.19. The molecule has 5 nitrogen and oxygen atoms in total. The number of ether oxygens (including phenoxy) is 2. The zero-order valence-corrected chi connectivity index (χ0v) is 14.0. The van der Waals surface area contributed by atoms with Gasteiger partial charge in [0.1, 0.15) is 11.5 Å². The van der Waals surface area contributed by atoms with E-state index >= 15 is 0 Å². The van der Waals surface area contributed by atoms with Gasteiger partial charge < -0.3 is 20.1 Å². The summed E-state index contributed by atoms with van der Waals surface area (Å²) in [7, 11) is 3.18. The van der Waals surface area contributed by atoms with Crippen molar-refractivity contribution in [3.63, 3.8) is 0 Å². The molecule has 1 atom stereocenters. The summed E-state index contributed by atoms with van der Waals surface area (Å²) in [5, 5.41) is 6.16. The smallest absolute Gasteiger partial charge is 0.319 e. The Kier molecular flexibility index (Phi) is 5.71. The van der Waals surface area contributed by atoms with Crippen LogP contribution in [0, 0.1) is 0 Å². The number of methoxy groups -OCH3 is 2. The van der Waals surface area contributed by atoms with E-state index in [1.54, 1.807) is 50.6 Å². The summed E-state index contributed by atoms with van der Waals surface area (Å²) in [6.45, 7) is 1.87. The number of hydrogen-bond donors (Lipinski definition) is 2. The van der Waals surface area contributed by atoms with Crippen molar-refractivity contribution in [1.82, 2.24) is 5.32 Å². The molecule has 6 heteroatoms. The SMILES string of the molecule is COc1ccc(OC)c([C@H](C)NC(=O)Nc2cccc(Cl)c2)c1. The number of carbonyl (C=O) groups is 1. The lowest BCUT2D eigenvalue weighted by atomic mass is 10.1. The standard InChI is InChI=1S/C17H19ClN2O3/c1-11(15-10-14(22-2)7-8-16(15)23-3)19-17(21)20-13-6-4-5-12(18)9-13/h4-11H,1-3H3,(H2,19,20,21)/t11-/m0/s1. The largest absolute Gasteiger partial charge is 0.497 e. The molecular formula is C17H19ClN2O3. The average Bonchev–Trinajstić information content (AvgIpc) is 2.54. The predicted octanol–water partition coefficient (Wildman–Crippen LogP) is 4.24. The Morgan fingerprint density at radius 2 is 1.91 bits per heavy atom. The molecule has 0 fully saturated rings. The zero-order chi connectivity index (χ0) is 16.8. The van der Waals surface area contributed by atoms with E-state index in [0.29, 0.717) is 22.2 Å². The summed E-state index contributed by atoms with van der Waals surface area (Å²) in [6, 6.07) is 11.8. The van der Waals surface area contributed by atoms with Crippen molar-refractivity contribution < 1.29 is 14.3 Å². The normalized spacial score (nSPS) is 11.5. The van der Waals surface area contributed by atoms with E-state index in [-0.39, 0.29) is 12.1 Å². The lowest BCUT2D eigenvalue weighted by Gasteiger charge is -2.18. The molecular weight excluding hydrogens is 316 g/mol. The van der Waals surface area contributed by atoms with Crippen molar-refractivity contribution in [2.24, 2.45) is 0 Å². The third-order valence-corrected chi connectivity index (χ3v) is 3.57. The highest BCUT2D eigenvalue weighted by atomic mass is 35.5. The third kappa shape index (κ3) is 4.53. The van der Waals surface area contributed by atoms with Crippen LogP contribution < -0.4 is 20.1 Å². The predicted molar refractivity (Wildman–Crippen MR) is 91.6 cm³/mol. The number of rotatable bonds is 5. The molecule has 0 unspecified atom stereocenters. The van der Waals surface area contributed by atoms with Gasteiger partial charge in [0.2, 0.25) is 0 Å². The highest BCUT2D eigenvalue weighted by Gasteiger charge is 2.15. The Hall–Kier alpha value is -2.40. The second-order valence-electron chi connectivity index (χ2n) is 4.94. The van der Waals surface area contributed by atoms with Crippen LogP contribution in [0.1, 0.15) is 18.5 Å². The highest BCUT2D eigenvalue weighted by Crippen LogP contribution is 2.29. The van der Waals surface area contributed by atoms with Crippen LogP contribution in [-0.2, 0) is 0 Å². The monoisotopic (exact) mass is 334 g/mol. The molecule has 0 saturated carbocycles. The number of hydrogen-bond acceptors (Lipinski definition) is 3. The van der Waals surface area contributed by atoms with E-state index in [2.05, 4.69) is 10.6 Å². The fourth-order valence-corrected chi connectivity index (χ4v) is 2.38. The van der Waals surface area contributed by atoms with Crippen molar-refractivity contribution in [3.8, 4) is 11.5 Å². The topological polar surface area (TPSA) is 59.6 Å². The molecule has 23 heavy (non-hydrogen) atoms. The molecule has 122 valence electrons. The minimum atomic E-state index is -0.329. The van der Waals surface area contributed by atoms with Crippen LogP contribution in [0.4, 0.5) is 10.5 Å². The highest BCUT2D eigenvalue weighted by molar-refractivity contribution is 6.30. The molecule has 0 spiro atoms. The summed E-state index contributed by atoms with van der Waals surface area (Å²) in [6.07, 6.45) is 0. The summed E-state index contributed by atoms with van der Waals surface area (Å²) in [4.78, 5) is 12.1. The molecule has 2 N–H and O–H groups in total. The van der Waals surface area contributed by atoms with Gasteiger partial charge >= 0.3 is 6.03 Å². The Balaban J connectivity index is 2.09. The first-order valence-electron chi connectivity index (χ1n) is 7.08. The maximum atomic E-state index is 12.1. The Bertz CT molecular complexity index is 691. The molecule has 0 aliphatic carbocycles. The Morgan fingerprint density at radius 1 is 1.13 bits per heavy atom. The fraction of sp³-hybridized carbons (Fsp3) is 0.235. The van der Waals surface area contributed by atoms with Crippen molar-refractivity contribution >= 4 is 23.3 Å². The maximum Gasteiger partial charge on any atom is 0.319 e. The number of amides is 2. The van der Waals surface area contributed by atoms with Gasteiger partial charge in [-0.3, -0.25) is 0 Å². The number of anilines is 1. The number of nitrogens with one attached hydrogen (secondary N) is 2. The first-order chi connectivity index (χ1) is 11.0. The van der Waals surface area contributed by atoms with Crippen LogP contribution in [-0.4, -0.2) is 20.3 Å². The molecule has 2 rings (SSSR count). The zero-order valence-electron chi connectivity index (χ0n) is 13.2. The minimum Gasteiger partial charge on any atom is -0.497 e. The van der Waals surface area contributed by atoms with Gasteiger partial charge in [0, 0.05) is 16.3 Å². The van der Waals surface area contributed by atoms with E-state index in [1.165, 1.54) is 0 Å². The first kappa shape index (κ1) is 17.0. The number of benzene rings is 2. The Labute approximate surface area is 140 Å². The molecule has 2 aromatic rings. The van der Waals surface area contributed by atoms with Gasteiger partial charge in [-0.2, -0.15) is 0 Å². The van der Waals surface area contributed by atoms with Gasteiger partial charge in [-0.05, 0) is 43.3 Å². The molecule has 0 bridgehead atoms. The van der Waals surface area contributed by atoms with Gasteiger partial charge in [0.15, 0.2) is 0 Å². The second kappa shape index (κ2) is 7.74. The van der Waals surface area contributed by atoms with Gasteiger partial charge in [0.25, 0.3) is 0 Å².